The molecule has 13 nitrogen and oxygen atoms in total. The average Bonchev–Trinajstić information content (AvgIpc) is 3.14. The fourth-order valence-electron chi connectivity index (χ4n) is 2.56. The average molecular weight is 499 g/mol. The molecule has 0 unspecified atom stereocenters. The van der Waals surface area contributed by atoms with Gasteiger partial charge < -0.3 is 38.3 Å². The van der Waals surface area contributed by atoms with Gasteiger partial charge in [-0.15, -0.1) is 11.3 Å². The molecule has 1 rings (SSSR count). The SMILES string of the molecule is CC(C)(C)CNC(=O)[C@H](CC(=O)O)NC(=O)Cc1csc(NC(=O)[C@@H](N)CCCN=C(N)N)n1. The first-order valence-corrected chi connectivity index (χ1v) is 11.5. The molecule has 0 aromatic carbocycles. The Balaban J connectivity index is 2.60. The number of anilines is 1. The predicted octanol–water partition coefficient (Wildman–Crippen LogP) is -0.873. The van der Waals surface area contributed by atoms with Crippen molar-refractivity contribution in [3.8, 4) is 0 Å². The lowest BCUT2D eigenvalue weighted by atomic mass is 9.97. The number of nitrogens with two attached hydrogens (primary N) is 3. The van der Waals surface area contributed by atoms with Crippen molar-refractivity contribution in [3.05, 3.63) is 11.1 Å². The molecule has 2 atom stereocenters. The highest BCUT2D eigenvalue weighted by atomic mass is 32.1. The number of rotatable bonds is 13. The Hall–Kier alpha value is -3.26. The molecular formula is C20H34N8O5S. The first-order valence-electron chi connectivity index (χ1n) is 10.6. The highest BCUT2D eigenvalue weighted by Gasteiger charge is 2.25. The van der Waals surface area contributed by atoms with Gasteiger partial charge in [0.1, 0.15) is 6.04 Å². The van der Waals surface area contributed by atoms with Gasteiger partial charge in [-0.05, 0) is 18.3 Å². The molecule has 0 saturated carbocycles. The van der Waals surface area contributed by atoms with Crippen LogP contribution in [0, 0.1) is 5.41 Å². The largest absolute Gasteiger partial charge is 0.481 e. The molecule has 0 bridgehead atoms. The van der Waals surface area contributed by atoms with E-state index in [1.807, 2.05) is 20.8 Å². The summed E-state index contributed by atoms with van der Waals surface area (Å²) in [5.41, 5.74) is 16.5. The van der Waals surface area contributed by atoms with E-state index in [4.69, 9.17) is 22.3 Å². The van der Waals surface area contributed by atoms with E-state index in [1.54, 1.807) is 5.38 Å². The molecular weight excluding hydrogens is 464 g/mol. The number of hydrogen-bond donors (Lipinski definition) is 7. The summed E-state index contributed by atoms with van der Waals surface area (Å²) in [6.07, 6.45) is 0.142. The molecule has 0 aliphatic carbocycles. The lowest BCUT2D eigenvalue weighted by Crippen LogP contribution is -2.49. The summed E-state index contributed by atoms with van der Waals surface area (Å²) in [4.78, 5) is 56.0. The van der Waals surface area contributed by atoms with Crippen LogP contribution < -0.4 is 33.2 Å². The Morgan fingerprint density at radius 2 is 1.88 bits per heavy atom. The summed E-state index contributed by atoms with van der Waals surface area (Å²) < 4.78 is 0. The molecule has 1 heterocycles. The molecule has 0 saturated heterocycles. The molecule has 34 heavy (non-hydrogen) atoms. The van der Waals surface area contributed by atoms with Crippen LogP contribution in [0.1, 0.15) is 45.7 Å². The van der Waals surface area contributed by atoms with E-state index in [-0.39, 0.29) is 22.9 Å². The first kappa shape index (κ1) is 28.8. The number of aromatic nitrogens is 1. The first-order chi connectivity index (χ1) is 15.8. The number of thiazole rings is 1. The number of aliphatic carboxylic acids is 1. The lowest BCUT2D eigenvalue weighted by Gasteiger charge is -2.22. The lowest BCUT2D eigenvalue weighted by molar-refractivity contribution is -0.140. The van der Waals surface area contributed by atoms with Gasteiger partial charge in [0.25, 0.3) is 0 Å². The number of aliphatic imine (C=N–C) groups is 1. The zero-order valence-electron chi connectivity index (χ0n) is 19.6. The fourth-order valence-corrected chi connectivity index (χ4v) is 3.28. The van der Waals surface area contributed by atoms with Crippen LogP contribution in [0.3, 0.4) is 0 Å². The molecule has 190 valence electrons. The molecule has 0 radical (unpaired) electrons. The standard InChI is InChI=1S/C20H34N8O5S/c1-20(2,3)10-25-17(33)13(8-15(30)31)27-14(29)7-11-9-34-19(26-11)28-16(32)12(21)5-4-6-24-18(22)23/h9,12-13H,4-8,10,21H2,1-3H3,(H,25,33)(H,27,29)(H,30,31)(H4,22,23,24)(H,26,28,32)/t12-,13-/m0/s1. The van der Waals surface area contributed by atoms with Gasteiger partial charge in [0.15, 0.2) is 11.1 Å². The maximum atomic E-state index is 12.4. The van der Waals surface area contributed by atoms with Gasteiger partial charge in [-0.25, -0.2) is 4.98 Å². The summed E-state index contributed by atoms with van der Waals surface area (Å²) in [6.45, 7) is 6.42. The van der Waals surface area contributed by atoms with Crippen LogP contribution in [0.4, 0.5) is 5.13 Å². The Kier molecular flexibility index (Phi) is 11.4. The van der Waals surface area contributed by atoms with E-state index in [0.29, 0.717) is 31.6 Å². The summed E-state index contributed by atoms with van der Waals surface area (Å²) in [5, 5.41) is 18.6. The van der Waals surface area contributed by atoms with Gasteiger partial charge in [-0.3, -0.25) is 24.2 Å². The predicted molar refractivity (Wildman–Crippen MR) is 129 cm³/mol. The molecule has 14 heteroatoms. The zero-order valence-corrected chi connectivity index (χ0v) is 20.4. The van der Waals surface area contributed by atoms with Crippen molar-refractivity contribution < 1.29 is 24.3 Å². The number of amides is 3. The van der Waals surface area contributed by atoms with E-state index in [0.717, 1.165) is 11.3 Å². The van der Waals surface area contributed by atoms with E-state index < -0.39 is 42.2 Å². The van der Waals surface area contributed by atoms with Crippen LogP contribution in [0.25, 0.3) is 0 Å². The maximum absolute atomic E-state index is 12.4. The van der Waals surface area contributed by atoms with Crippen molar-refractivity contribution in [2.24, 2.45) is 27.6 Å². The van der Waals surface area contributed by atoms with Crippen molar-refractivity contribution >= 4 is 46.1 Å². The Bertz CT molecular complexity index is 892. The van der Waals surface area contributed by atoms with Crippen molar-refractivity contribution in [2.45, 2.75) is 58.5 Å². The number of carbonyl (C=O) groups excluding carboxylic acids is 3. The summed E-state index contributed by atoms with van der Waals surface area (Å²) in [7, 11) is 0. The van der Waals surface area contributed by atoms with Crippen LogP contribution in [-0.2, 0) is 25.6 Å². The highest BCUT2D eigenvalue weighted by Crippen LogP contribution is 2.16. The Morgan fingerprint density at radius 1 is 1.21 bits per heavy atom. The van der Waals surface area contributed by atoms with Crippen LogP contribution in [0.5, 0.6) is 0 Å². The monoisotopic (exact) mass is 498 g/mol. The summed E-state index contributed by atoms with van der Waals surface area (Å²) >= 11 is 1.11. The quantitative estimate of drug-likeness (QED) is 0.102. The van der Waals surface area contributed by atoms with Gasteiger partial charge in [-0.1, -0.05) is 20.8 Å². The van der Waals surface area contributed by atoms with Crippen molar-refractivity contribution in [1.29, 1.82) is 0 Å². The zero-order chi connectivity index (χ0) is 25.9. The number of carboxylic acids is 1. The van der Waals surface area contributed by atoms with Crippen LogP contribution in [-0.4, -0.2) is 64.9 Å². The molecule has 1 aromatic heterocycles. The van der Waals surface area contributed by atoms with Crippen LogP contribution in [0.15, 0.2) is 10.4 Å². The second-order valence-electron chi connectivity index (χ2n) is 8.86. The number of nitrogens with one attached hydrogen (secondary N) is 3. The maximum Gasteiger partial charge on any atom is 0.305 e. The molecule has 0 aliphatic rings. The molecule has 1 aromatic rings. The normalized spacial score (nSPS) is 12.8. The van der Waals surface area contributed by atoms with E-state index in [1.165, 1.54) is 0 Å². The van der Waals surface area contributed by atoms with Gasteiger partial charge in [0, 0.05) is 18.5 Å². The Morgan fingerprint density at radius 3 is 2.47 bits per heavy atom. The minimum absolute atomic E-state index is 0.0304. The van der Waals surface area contributed by atoms with Crippen molar-refractivity contribution in [3.63, 3.8) is 0 Å². The van der Waals surface area contributed by atoms with Gasteiger partial charge in [0.05, 0.1) is 24.6 Å². The van der Waals surface area contributed by atoms with Crippen molar-refractivity contribution in [1.82, 2.24) is 15.6 Å². The van der Waals surface area contributed by atoms with E-state index in [9.17, 15) is 19.2 Å². The second kappa shape index (κ2) is 13.4. The third kappa shape index (κ3) is 12.1. The number of carboxylic acid groups (broad SMARTS) is 1. The van der Waals surface area contributed by atoms with Crippen molar-refractivity contribution in [2.75, 3.05) is 18.4 Å². The van der Waals surface area contributed by atoms with Gasteiger partial charge in [-0.2, -0.15) is 0 Å². The van der Waals surface area contributed by atoms with Gasteiger partial charge >= 0.3 is 5.97 Å². The third-order valence-corrected chi connectivity index (χ3v) is 5.06. The second-order valence-corrected chi connectivity index (χ2v) is 9.72. The molecule has 3 amide bonds. The van der Waals surface area contributed by atoms with Crippen LogP contribution in [0.2, 0.25) is 0 Å². The topological polar surface area (TPSA) is 228 Å². The van der Waals surface area contributed by atoms with E-state index in [2.05, 4.69) is 25.9 Å². The minimum Gasteiger partial charge on any atom is -0.481 e. The molecule has 10 N–H and O–H groups in total. The van der Waals surface area contributed by atoms with Gasteiger partial charge in [0.2, 0.25) is 17.7 Å². The molecule has 0 spiro atoms. The Labute approximate surface area is 202 Å². The fraction of sp³-hybridized carbons (Fsp3) is 0.600. The molecule has 0 aliphatic heterocycles. The van der Waals surface area contributed by atoms with Crippen LogP contribution >= 0.6 is 11.3 Å². The number of hydrogen-bond acceptors (Lipinski definition) is 8. The summed E-state index contributed by atoms with van der Waals surface area (Å²) in [5.74, 6) is -2.84. The smallest absolute Gasteiger partial charge is 0.305 e. The number of carbonyl (C=O) groups is 4. The minimum atomic E-state index is -1.22. The number of guanidine groups is 1. The third-order valence-electron chi connectivity index (χ3n) is 4.25. The van der Waals surface area contributed by atoms with E-state index >= 15 is 0 Å². The number of nitrogens with zero attached hydrogens (tertiary/aromatic N) is 2. The summed E-state index contributed by atoms with van der Waals surface area (Å²) in [6, 6.07) is -2.00. The highest BCUT2D eigenvalue weighted by molar-refractivity contribution is 7.13. The molecule has 0 fully saturated rings.